The number of aryl methyl sites for hydroxylation is 2. The number of hydrogen-bond donors (Lipinski definition) is 2. The van der Waals surface area contributed by atoms with Gasteiger partial charge in [-0.15, -0.1) is 0 Å². The van der Waals surface area contributed by atoms with Gasteiger partial charge in [-0.25, -0.2) is 4.79 Å². The summed E-state index contributed by atoms with van der Waals surface area (Å²) in [6.07, 6.45) is 4.21. The van der Waals surface area contributed by atoms with Crippen LogP contribution in [0.1, 0.15) is 21.6 Å². The van der Waals surface area contributed by atoms with Crippen molar-refractivity contribution in [3.05, 3.63) is 53.4 Å². The maximum atomic E-state index is 12.1. The highest BCUT2D eigenvalue weighted by atomic mass is 16.4. The lowest BCUT2D eigenvalue weighted by molar-refractivity contribution is -0.131. The minimum atomic E-state index is -1.02. The molecule has 0 aliphatic rings. The molecule has 1 aromatic heterocycles. The van der Waals surface area contributed by atoms with E-state index in [1.807, 2.05) is 13.0 Å². The van der Waals surface area contributed by atoms with Gasteiger partial charge >= 0.3 is 5.97 Å². The summed E-state index contributed by atoms with van der Waals surface area (Å²) in [7, 11) is 1.74. The Morgan fingerprint density at radius 1 is 1.33 bits per heavy atom. The Bertz CT molecular complexity index is 717. The van der Waals surface area contributed by atoms with Crippen molar-refractivity contribution < 1.29 is 14.7 Å². The maximum absolute atomic E-state index is 12.1. The zero-order valence-electron chi connectivity index (χ0n) is 11.7. The van der Waals surface area contributed by atoms with Crippen LogP contribution in [0.5, 0.6) is 0 Å². The molecular weight excluding hydrogens is 270 g/mol. The van der Waals surface area contributed by atoms with Gasteiger partial charge in [0.15, 0.2) is 5.69 Å². The van der Waals surface area contributed by atoms with E-state index in [1.165, 1.54) is 6.08 Å². The number of amides is 1. The summed E-state index contributed by atoms with van der Waals surface area (Å²) < 4.78 is 1.55. The molecule has 1 heterocycles. The summed E-state index contributed by atoms with van der Waals surface area (Å²) in [5.41, 5.74) is 2.52. The van der Waals surface area contributed by atoms with E-state index in [9.17, 15) is 9.59 Å². The predicted octanol–water partition coefficient (Wildman–Crippen LogP) is 2.08. The second kappa shape index (κ2) is 6.04. The zero-order chi connectivity index (χ0) is 15.4. The number of anilines is 1. The van der Waals surface area contributed by atoms with E-state index >= 15 is 0 Å². The number of hydrogen-bond acceptors (Lipinski definition) is 3. The Morgan fingerprint density at radius 2 is 2.10 bits per heavy atom. The Morgan fingerprint density at radius 3 is 2.71 bits per heavy atom. The van der Waals surface area contributed by atoms with Gasteiger partial charge in [-0.1, -0.05) is 12.1 Å². The Labute approximate surface area is 121 Å². The van der Waals surface area contributed by atoms with Gasteiger partial charge in [0, 0.05) is 25.0 Å². The molecule has 6 nitrogen and oxygen atoms in total. The minimum absolute atomic E-state index is 0.307. The van der Waals surface area contributed by atoms with Crippen molar-refractivity contribution in [3.8, 4) is 0 Å². The normalized spacial score (nSPS) is 10.8. The third-order valence-electron chi connectivity index (χ3n) is 2.87. The average Bonchev–Trinajstić information content (AvgIpc) is 2.86. The highest BCUT2D eigenvalue weighted by Crippen LogP contribution is 2.18. The van der Waals surface area contributed by atoms with Crippen molar-refractivity contribution in [2.75, 3.05) is 5.32 Å². The van der Waals surface area contributed by atoms with Crippen LogP contribution >= 0.6 is 0 Å². The topological polar surface area (TPSA) is 84.2 Å². The molecule has 0 atom stereocenters. The van der Waals surface area contributed by atoms with Crippen LogP contribution in [0.4, 0.5) is 5.69 Å². The van der Waals surface area contributed by atoms with E-state index in [-0.39, 0.29) is 5.91 Å². The molecular formula is C15H15N3O3. The first-order valence-electron chi connectivity index (χ1n) is 6.28. The Balaban J connectivity index is 2.21. The van der Waals surface area contributed by atoms with Crippen molar-refractivity contribution in [2.24, 2.45) is 7.05 Å². The van der Waals surface area contributed by atoms with E-state index in [0.29, 0.717) is 16.9 Å². The second-order valence-corrected chi connectivity index (χ2v) is 4.57. The fourth-order valence-electron chi connectivity index (χ4n) is 1.77. The van der Waals surface area contributed by atoms with Crippen LogP contribution in [0.2, 0.25) is 0 Å². The molecule has 6 heteroatoms. The largest absolute Gasteiger partial charge is 0.478 e. The van der Waals surface area contributed by atoms with Gasteiger partial charge in [0.25, 0.3) is 5.91 Å². The molecule has 1 amide bonds. The molecule has 2 rings (SSSR count). The van der Waals surface area contributed by atoms with Crippen LogP contribution in [-0.4, -0.2) is 26.8 Å². The van der Waals surface area contributed by atoms with E-state index in [4.69, 9.17) is 5.11 Å². The first kappa shape index (κ1) is 14.5. The molecule has 2 aromatic rings. The molecule has 0 fully saturated rings. The van der Waals surface area contributed by atoms with Gasteiger partial charge in [-0.3, -0.25) is 9.48 Å². The lowest BCUT2D eigenvalue weighted by atomic mass is 10.1. The Kier molecular flexibility index (Phi) is 4.18. The zero-order valence-corrected chi connectivity index (χ0v) is 11.7. The van der Waals surface area contributed by atoms with Crippen molar-refractivity contribution in [2.45, 2.75) is 6.92 Å². The fraction of sp³-hybridized carbons (Fsp3) is 0.133. The molecule has 0 aliphatic heterocycles. The van der Waals surface area contributed by atoms with Crippen molar-refractivity contribution in [1.82, 2.24) is 9.78 Å². The molecule has 0 bridgehead atoms. The minimum Gasteiger partial charge on any atom is -0.478 e. The number of carbonyl (C=O) groups excluding carboxylic acids is 1. The standard InChI is InChI=1S/C15H15N3O3/c1-10-3-4-11(5-6-14(19)20)9-13(10)16-15(21)12-7-8-18(2)17-12/h3-9H,1-2H3,(H,16,21)(H,19,20)/b6-5+. The van der Waals surface area contributed by atoms with Gasteiger partial charge in [-0.2, -0.15) is 5.10 Å². The molecule has 0 radical (unpaired) electrons. The van der Waals surface area contributed by atoms with Crippen molar-refractivity contribution >= 4 is 23.6 Å². The number of aliphatic carboxylic acids is 1. The van der Waals surface area contributed by atoms with Crippen LogP contribution in [0, 0.1) is 6.92 Å². The van der Waals surface area contributed by atoms with Crippen molar-refractivity contribution in [1.29, 1.82) is 0 Å². The summed E-state index contributed by atoms with van der Waals surface area (Å²) >= 11 is 0. The SMILES string of the molecule is Cc1ccc(/C=C/C(=O)O)cc1NC(=O)c1ccn(C)n1. The number of nitrogens with zero attached hydrogens (tertiary/aromatic N) is 2. The lowest BCUT2D eigenvalue weighted by Crippen LogP contribution is -2.14. The van der Waals surface area contributed by atoms with Crippen molar-refractivity contribution in [3.63, 3.8) is 0 Å². The second-order valence-electron chi connectivity index (χ2n) is 4.57. The van der Waals surface area contributed by atoms with Crippen LogP contribution in [-0.2, 0) is 11.8 Å². The average molecular weight is 285 g/mol. The summed E-state index contributed by atoms with van der Waals surface area (Å²) in [5.74, 6) is -1.33. The number of aromatic nitrogens is 2. The summed E-state index contributed by atoms with van der Waals surface area (Å²) in [6.45, 7) is 1.86. The van der Waals surface area contributed by atoms with E-state index in [2.05, 4.69) is 10.4 Å². The quantitative estimate of drug-likeness (QED) is 0.842. The third kappa shape index (κ3) is 3.79. The number of carboxylic acid groups (broad SMARTS) is 1. The van der Waals surface area contributed by atoms with E-state index in [0.717, 1.165) is 11.6 Å². The predicted molar refractivity (Wildman–Crippen MR) is 79.0 cm³/mol. The van der Waals surface area contributed by atoms with Gasteiger partial charge < -0.3 is 10.4 Å². The molecule has 0 saturated carbocycles. The smallest absolute Gasteiger partial charge is 0.328 e. The van der Waals surface area contributed by atoms with Gasteiger partial charge in [0.2, 0.25) is 0 Å². The third-order valence-corrected chi connectivity index (χ3v) is 2.87. The van der Waals surface area contributed by atoms with Gasteiger partial charge in [0.05, 0.1) is 0 Å². The number of benzene rings is 1. The van der Waals surface area contributed by atoms with Crippen LogP contribution < -0.4 is 5.32 Å². The summed E-state index contributed by atoms with van der Waals surface area (Å²) in [5, 5.41) is 15.4. The molecule has 108 valence electrons. The highest BCUT2D eigenvalue weighted by molar-refractivity contribution is 6.03. The molecule has 0 saturated heterocycles. The molecule has 0 spiro atoms. The van der Waals surface area contributed by atoms with Crippen LogP contribution in [0.3, 0.4) is 0 Å². The van der Waals surface area contributed by atoms with E-state index < -0.39 is 5.97 Å². The monoisotopic (exact) mass is 285 g/mol. The summed E-state index contributed by atoms with van der Waals surface area (Å²) in [4.78, 5) is 22.6. The molecule has 0 aliphatic carbocycles. The van der Waals surface area contributed by atoms with Crippen LogP contribution in [0.15, 0.2) is 36.5 Å². The fourth-order valence-corrected chi connectivity index (χ4v) is 1.77. The van der Waals surface area contributed by atoms with Gasteiger partial charge in [0.1, 0.15) is 0 Å². The lowest BCUT2D eigenvalue weighted by Gasteiger charge is -2.08. The highest BCUT2D eigenvalue weighted by Gasteiger charge is 2.10. The molecule has 1 aromatic carbocycles. The molecule has 2 N–H and O–H groups in total. The molecule has 0 unspecified atom stereocenters. The Hall–Kier alpha value is -2.89. The summed E-state index contributed by atoms with van der Waals surface area (Å²) in [6, 6.07) is 6.94. The van der Waals surface area contributed by atoms with Gasteiger partial charge in [-0.05, 0) is 36.3 Å². The molecule has 21 heavy (non-hydrogen) atoms. The first-order valence-corrected chi connectivity index (χ1v) is 6.28. The number of carboxylic acids is 1. The number of carbonyl (C=O) groups is 2. The maximum Gasteiger partial charge on any atom is 0.328 e. The number of rotatable bonds is 4. The number of nitrogens with one attached hydrogen (secondary N) is 1. The van der Waals surface area contributed by atoms with E-state index in [1.54, 1.807) is 36.1 Å². The first-order chi connectivity index (χ1) is 9.95. The van der Waals surface area contributed by atoms with Crippen LogP contribution in [0.25, 0.3) is 6.08 Å².